The molecular weight excluding hydrogens is 430 g/mol. The zero-order valence-electron chi connectivity index (χ0n) is 16.0. The fourth-order valence-electron chi connectivity index (χ4n) is 2.92. The number of halogens is 1. The standard InChI is InChI=1S/C20H26BrNO4S/c1-13-8-15(3)25-19(23)7-5-4-6-16-12-27-18(22-16)11-17(10-14(2)21)26-20(24)9-13/h9-10,12,15,17H,4-8,11H2,1-3H3/b13-9+,14-10+/t15-,17+/m0/s1. The molecule has 0 aliphatic carbocycles. The van der Waals surface area contributed by atoms with Crippen LogP contribution in [-0.2, 0) is 31.9 Å². The number of hydrogen-bond donors (Lipinski definition) is 0. The molecule has 1 aromatic rings. The molecule has 2 bridgehead atoms. The summed E-state index contributed by atoms with van der Waals surface area (Å²) in [5, 5.41) is 2.97. The third kappa shape index (κ3) is 8.39. The van der Waals surface area contributed by atoms with E-state index in [1.807, 2.05) is 32.2 Å². The van der Waals surface area contributed by atoms with E-state index in [0.29, 0.717) is 19.3 Å². The van der Waals surface area contributed by atoms with Crippen molar-refractivity contribution in [3.63, 3.8) is 0 Å². The van der Waals surface area contributed by atoms with Gasteiger partial charge in [-0.1, -0.05) is 21.5 Å². The van der Waals surface area contributed by atoms with Gasteiger partial charge in [-0.25, -0.2) is 9.78 Å². The number of carbonyl (C=O) groups excluding carboxylic acids is 2. The lowest BCUT2D eigenvalue weighted by molar-refractivity contribution is -0.148. The van der Waals surface area contributed by atoms with Gasteiger partial charge in [-0.2, -0.15) is 0 Å². The number of aromatic nitrogens is 1. The highest BCUT2D eigenvalue weighted by Crippen LogP contribution is 2.19. The van der Waals surface area contributed by atoms with Crippen molar-refractivity contribution >= 4 is 39.2 Å². The van der Waals surface area contributed by atoms with Gasteiger partial charge in [0, 0.05) is 30.7 Å². The van der Waals surface area contributed by atoms with Crippen molar-refractivity contribution < 1.29 is 19.1 Å². The van der Waals surface area contributed by atoms with E-state index in [0.717, 1.165) is 40.0 Å². The Hall–Kier alpha value is -1.47. The highest BCUT2D eigenvalue weighted by molar-refractivity contribution is 9.11. The number of aryl methyl sites for hydroxylation is 1. The van der Waals surface area contributed by atoms with Crippen LogP contribution < -0.4 is 0 Å². The number of allylic oxidation sites excluding steroid dienone is 1. The Morgan fingerprint density at radius 3 is 2.74 bits per heavy atom. The Balaban J connectivity index is 2.19. The van der Waals surface area contributed by atoms with Gasteiger partial charge in [0.25, 0.3) is 0 Å². The Kier molecular flexibility index (Phi) is 8.70. The third-order valence-electron chi connectivity index (χ3n) is 4.03. The fourth-order valence-corrected chi connectivity index (χ4v) is 4.09. The van der Waals surface area contributed by atoms with E-state index < -0.39 is 5.97 Å². The predicted molar refractivity (Wildman–Crippen MR) is 110 cm³/mol. The Labute approximate surface area is 173 Å². The Bertz CT molecular complexity index is 721. The molecule has 0 amide bonds. The van der Waals surface area contributed by atoms with Gasteiger partial charge in [0.15, 0.2) is 0 Å². The van der Waals surface area contributed by atoms with E-state index in [1.54, 1.807) is 11.3 Å². The Morgan fingerprint density at radius 2 is 2.00 bits per heavy atom. The summed E-state index contributed by atoms with van der Waals surface area (Å²) in [5.74, 6) is -0.596. The van der Waals surface area contributed by atoms with Crippen LogP contribution in [0.2, 0.25) is 0 Å². The minimum Gasteiger partial charge on any atom is -0.462 e. The molecule has 1 aliphatic heterocycles. The molecule has 0 aromatic carbocycles. The lowest BCUT2D eigenvalue weighted by Crippen LogP contribution is -2.18. The van der Waals surface area contributed by atoms with Crippen LogP contribution in [0.15, 0.2) is 27.6 Å². The molecule has 2 atom stereocenters. The van der Waals surface area contributed by atoms with Crippen molar-refractivity contribution in [2.24, 2.45) is 0 Å². The van der Waals surface area contributed by atoms with Crippen LogP contribution in [0.5, 0.6) is 0 Å². The number of ether oxygens (including phenoxy) is 2. The summed E-state index contributed by atoms with van der Waals surface area (Å²) in [4.78, 5) is 28.9. The van der Waals surface area contributed by atoms with Crippen molar-refractivity contribution in [1.29, 1.82) is 0 Å². The minimum atomic E-state index is -0.401. The van der Waals surface area contributed by atoms with Crippen molar-refractivity contribution in [3.8, 4) is 0 Å². The van der Waals surface area contributed by atoms with Gasteiger partial charge >= 0.3 is 11.9 Å². The summed E-state index contributed by atoms with van der Waals surface area (Å²) in [6.45, 7) is 5.58. The van der Waals surface area contributed by atoms with Crippen LogP contribution in [0.25, 0.3) is 0 Å². The number of nitrogens with zero attached hydrogens (tertiary/aromatic N) is 1. The first-order valence-corrected chi connectivity index (χ1v) is 10.8. The van der Waals surface area contributed by atoms with Crippen LogP contribution >= 0.6 is 27.3 Å². The summed E-state index contributed by atoms with van der Waals surface area (Å²) in [6.07, 6.45) is 6.66. The number of hydrogen-bond acceptors (Lipinski definition) is 6. The SMILES string of the molecule is C/C(Br)=C\[C@@H]1Cc2nc(cs2)CCCCC(=O)O[C@@H](C)C/C(C)=C/C(=O)O1. The van der Waals surface area contributed by atoms with Gasteiger partial charge in [0.05, 0.1) is 10.7 Å². The molecule has 0 saturated carbocycles. The molecule has 1 aromatic heterocycles. The lowest BCUT2D eigenvalue weighted by Gasteiger charge is -2.15. The van der Waals surface area contributed by atoms with Gasteiger partial charge in [-0.15, -0.1) is 11.3 Å². The smallest absolute Gasteiger partial charge is 0.331 e. The first-order chi connectivity index (χ1) is 12.8. The second kappa shape index (κ2) is 10.8. The first kappa shape index (κ1) is 21.8. The molecule has 0 radical (unpaired) electrons. The maximum Gasteiger partial charge on any atom is 0.331 e. The summed E-state index contributed by atoms with van der Waals surface area (Å²) in [7, 11) is 0. The van der Waals surface area contributed by atoms with E-state index in [2.05, 4.69) is 20.9 Å². The zero-order valence-corrected chi connectivity index (χ0v) is 18.4. The summed E-state index contributed by atoms with van der Waals surface area (Å²) < 4.78 is 11.9. The number of rotatable bonds is 1. The molecule has 0 saturated heterocycles. The molecule has 2 heterocycles. The fraction of sp³-hybridized carbons (Fsp3) is 0.550. The molecular formula is C20H26BrNO4S. The molecule has 0 N–H and O–H groups in total. The number of fused-ring (bicyclic) bond motifs is 2. The average Bonchev–Trinajstić information content (AvgIpc) is 2.96. The number of carbonyl (C=O) groups is 2. The van der Waals surface area contributed by atoms with Crippen molar-refractivity contribution in [2.75, 3.05) is 0 Å². The van der Waals surface area contributed by atoms with Gasteiger partial charge in [0.1, 0.15) is 12.2 Å². The molecule has 0 fully saturated rings. The van der Waals surface area contributed by atoms with Crippen molar-refractivity contribution in [1.82, 2.24) is 4.98 Å². The average molecular weight is 456 g/mol. The van der Waals surface area contributed by atoms with E-state index in [9.17, 15) is 9.59 Å². The summed E-state index contributed by atoms with van der Waals surface area (Å²) in [6, 6.07) is 0. The molecule has 5 nitrogen and oxygen atoms in total. The second-order valence-electron chi connectivity index (χ2n) is 6.87. The van der Waals surface area contributed by atoms with E-state index in [1.165, 1.54) is 6.08 Å². The molecule has 0 unspecified atom stereocenters. The lowest BCUT2D eigenvalue weighted by atomic mass is 10.1. The van der Waals surface area contributed by atoms with Gasteiger partial charge in [-0.3, -0.25) is 4.79 Å². The maximum absolute atomic E-state index is 12.3. The molecule has 27 heavy (non-hydrogen) atoms. The van der Waals surface area contributed by atoms with Crippen LogP contribution in [0, 0.1) is 0 Å². The number of thiazole rings is 1. The van der Waals surface area contributed by atoms with Crippen molar-refractivity contribution in [2.45, 2.75) is 71.5 Å². The maximum atomic E-state index is 12.3. The Morgan fingerprint density at radius 1 is 1.26 bits per heavy atom. The highest BCUT2D eigenvalue weighted by atomic mass is 79.9. The van der Waals surface area contributed by atoms with Crippen LogP contribution in [0.3, 0.4) is 0 Å². The van der Waals surface area contributed by atoms with Crippen LogP contribution in [-0.4, -0.2) is 29.1 Å². The minimum absolute atomic E-state index is 0.195. The molecule has 2 rings (SSSR count). The number of esters is 2. The quantitative estimate of drug-likeness (QED) is 0.563. The molecule has 0 spiro atoms. The van der Waals surface area contributed by atoms with Crippen LogP contribution in [0.4, 0.5) is 0 Å². The van der Waals surface area contributed by atoms with Crippen molar-refractivity contribution in [3.05, 3.63) is 38.3 Å². The van der Waals surface area contributed by atoms with E-state index >= 15 is 0 Å². The predicted octanol–water partition coefficient (Wildman–Crippen LogP) is 4.89. The largest absolute Gasteiger partial charge is 0.462 e. The monoisotopic (exact) mass is 455 g/mol. The normalized spacial score (nSPS) is 25.8. The zero-order chi connectivity index (χ0) is 19.8. The number of cyclic esters (lactones) is 2. The van der Waals surface area contributed by atoms with Gasteiger partial charge in [0.2, 0.25) is 0 Å². The molecule has 148 valence electrons. The van der Waals surface area contributed by atoms with E-state index in [4.69, 9.17) is 9.47 Å². The highest BCUT2D eigenvalue weighted by Gasteiger charge is 2.16. The topological polar surface area (TPSA) is 65.5 Å². The molecule has 7 heteroatoms. The van der Waals surface area contributed by atoms with E-state index in [-0.39, 0.29) is 18.2 Å². The molecule has 1 aliphatic rings. The second-order valence-corrected chi connectivity index (χ2v) is 9.06. The summed E-state index contributed by atoms with van der Waals surface area (Å²) >= 11 is 4.98. The van der Waals surface area contributed by atoms with Crippen LogP contribution in [0.1, 0.15) is 57.2 Å². The third-order valence-corrected chi connectivity index (χ3v) is 5.21. The van der Waals surface area contributed by atoms with Gasteiger partial charge < -0.3 is 9.47 Å². The summed E-state index contributed by atoms with van der Waals surface area (Å²) in [5.41, 5.74) is 1.83. The first-order valence-electron chi connectivity index (χ1n) is 9.16. The van der Waals surface area contributed by atoms with Gasteiger partial charge in [-0.05, 0) is 50.6 Å².